The number of nitrogens with zero attached hydrogens (tertiary/aromatic N) is 3. The van der Waals surface area contributed by atoms with Crippen LogP contribution >= 0.6 is 21.6 Å². The second-order valence-electron chi connectivity index (χ2n) is 14.8. The van der Waals surface area contributed by atoms with Gasteiger partial charge in [-0.05, 0) is 50.3 Å². The molecule has 1 aromatic rings. The first-order valence-electron chi connectivity index (χ1n) is 21.0. The monoisotopic (exact) mass is 968 g/mol. The van der Waals surface area contributed by atoms with E-state index in [0.717, 1.165) is 0 Å². The third-order valence-electron chi connectivity index (χ3n) is 9.68. The number of hydrogen-bond donors (Lipinski definition) is 14. The summed E-state index contributed by atoms with van der Waals surface area (Å²) >= 11 is 0. The number of anilines is 1. The molecule has 18 N–H and O–H groups in total. The van der Waals surface area contributed by atoms with Gasteiger partial charge in [0.25, 0.3) is 6.47 Å². The third-order valence-corrected chi connectivity index (χ3v) is 12.7. The Kier molecular flexibility index (Phi) is 26.2. The molecular formula is C39H64N14O11S2. The highest BCUT2D eigenvalue weighted by Gasteiger charge is 2.28. The molecule has 368 valence electrons. The lowest BCUT2D eigenvalue weighted by Crippen LogP contribution is -2.55. The number of aliphatic imine (C=N–C) groups is 3. The van der Waals surface area contributed by atoms with Crippen molar-refractivity contribution in [2.75, 3.05) is 43.9 Å². The number of hydrogen-bond acceptors (Lipinski definition) is 19. The van der Waals surface area contributed by atoms with Crippen molar-refractivity contribution in [2.24, 2.45) is 37.9 Å². The first-order valence-corrected chi connectivity index (χ1v) is 23.3. The molecule has 0 saturated heterocycles. The molecule has 0 aliphatic carbocycles. The molecule has 2 rings (SSSR count). The van der Waals surface area contributed by atoms with E-state index < -0.39 is 91.4 Å². The van der Waals surface area contributed by atoms with Crippen LogP contribution in [0.15, 0.2) is 39.2 Å². The highest BCUT2D eigenvalue weighted by molar-refractivity contribution is 8.76. The number of aliphatic carboxylic acids is 1. The number of carbonyl (C=O) groups excluding carboxylic acids is 6. The smallest absolute Gasteiger partial charge is 0.320 e. The predicted octanol–water partition coefficient (Wildman–Crippen LogP) is -3.52. The maximum Gasteiger partial charge on any atom is 0.320 e. The third kappa shape index (κ3) is 22.1. The number of aliphatic hydroxyl groups excluding tert-OH is 2. The van der Waals surface area contributed by atoms with Crippen LogP contribution in [0.2, 0.25) is 0 Å². The molecule has 1 aliphatic heterocycles. The van der Waals surface area contributed by atoms with Gasteiger partial charge in [0.05, 0.1) is 31.4 Å². The summed E-state index contributed by atoms with van der Waals surface area (Å²) in [5.41, 5.74) is 23.2. The average molecular weight is 969 g/mol. The van der Waals surface area contributed by atoms with Crippen molar-refractivity contribution in [1.29, 1.82) is 0 Å². The Morgan fingerprint density at radius 3 is 2.26 bits per heavy atom. The number of carboxylic acids is 1. The summed E-state index contributed by atoms with van der Waals surface area (Å²) in [4.78, 5) is 97.6. The number of ether oxygens (including phenoxy) is 1. The quantitative estimate of drug-likeness (QED) is 0.00811. The van der Waals surface area contributed by atoms with Crippen molar-refractivity contribution in [3.8, 4) is 0 Å². The van der Waals surface area contributed by atoms with Gasteiger partial charge in [0.1, 0.15) is 37.3 Å². The number of carboxylic acid groups (broad SMARTS) is 1. The molecule has 0 fully saturated rings. The van der Waals surface area contributed by atoms with Crippen LogP contribution in [0.1, 0.15) is 64.7 Å². The van der Waals surface area contributed by atoms with Gasteiger partial charge in [-0.1, -0.05) is 47.6 Å². The fourth-order valence-electron chi connectivity index (χ4n) is 5.81. The molecule has 1 aromatic carbocycles. The van der Waals surface area contributed by atoms with Gasteiger partial charge >= 0.3 is 5.97 Å². The van der Waals surface area contributed by atoms with Crippen LogP contribution in [0.4, 0.5) is 5.69 Å². The average Bonchev–Trinajstić information content (AvgIpc) is 3.28. The highest BCUT2D eigenvalue weighted by atomic mass is 33.1. The molecule has 5 amide bonds. The number of nitrogens with one attached hydrogen (secondary N) is 7. The molecule has 0 radical (unpaired) electrons. The number of amides is 5. The number of carbonyl (C=O) groups is 7. The molecule has 1 aliphatic rings. The lowest BCUT2D eigenvalue weighted by molar-refractivity contribution is -0.141. The van der Waals surface area contributed by atoms with Crippen LogP contribution in [0, 0.1) is 0 Å². The maximum atomic E-state index is 13.2. The summed E-state index contributed by atoms with van der Waals surface area (Å²) < 4.78 is 4.68. The van der Waals surface area contributed by atoms with Gasteiger partial charge < -0.3 is 69.6 Å². The Morgan fingerprint density at radius 2 is 1.62 bits per heavy atom. The summed E-state index contributed by atoms with van der Waals surface area (Å²) in [5.74, 6) is -4.38. The van der Waals surface area contributed by atoms with Crippen LogP contribution < -0.4 is 60.2 Å². The van der Waals surface area contributed by atoms with Gasteiger partial charge in [-0.2, -0.15) is 0 Å². The second-order valence-corrected chi connectivity index (χ2v) is 17.7. The number of guanidine groups is 1. The van der Waals surface area contributed by atoms with E-state index in [1.807, 2.05) is 13.8 Å². The predicted molar refractivity (Wildman–Crippen MR) is 251 cm³/mol. The fourth-order valence-corrected chi connectivity index (χ4v) is 8.17. The molecule has 0 bridgehead atoms. The van der Waals surface area contributed by atoms with Crippen molar-refractivity contribution in [3.63, 3.8) is 0 Å². The molecule has 66 heavy (non-hydrogen) atoms. The van der Waals surface area contributed by atoms with E-state index >= 15 is 0 Å². The van der Waals surface area contributed by atoms with Crippen molar-refractivity contribution < 1.29 is 53.6 Å². The van der Waals surface area contributed by atoms with Crippen LogP contribution in [0.3, 0.4) is 0 Å². The van der Waals surface area contributed by atoms with E-state index in [2.05, 4.69) is 56.9 Å². The minimum absolute atomic E-state index is 0.0450. The zero-order valence-corrected chi connectivity index (χ0v) is 38.6. The van der Waals surface area contributed by atoms with Crippen molar-refractivity contribution in [2.45, 2.75) is 107 Å². The first-order chi connectivity index (χ1) is 31.3. The van der Waals surface area contributed by atoms with Gasteiger partial charge in [-0.25, -0.2) is 0 Å². The minimum Gasteiger partial charge on any atom is -0.480 e. The number of nitrogens with two attached hydrogens (primary N) is 4. The highest BCUT2D eigenvalue weighted by Crippen LogP contribution is 2.28. The first kappa shape index (κ1) is 56.5. The topological polar surface area (TPSA) is 415 Å². The minimum atomic E-state index is -1.43. The van der Waals surface area contributed by atoms with Crippen molar-refractivity contribution >= 4 is 87.1 Å². The van der Waals surface area contributed by atoms with Crippen molar-refractivity contribution in [3.05, 3.63) is 29.8 Å². The summed E-state index contributed by atoms with van der Waals surface area (Å²) in [7, 11) is 3.06. The standard InChI is InChI=1S/C39H64N14O11S2/c1-4-26(37(61)49-21(2)22(3)66-65-15-14-64-20-54)51-31(57)19-48-36(60)27(6-5-13-44-39(42)43)52-30(56)18-46-29(55)12-11-28(38(62)63)53-35(59)23-7-9-24(10-8-23)45-16-25-17-47-33(40)32(50-25)34(41)58/h7-10,17,20-22,26-28,32-33,35,37,45,49,53,59,61H,4-6,11-16,18-19,40H2,1-3H3,(H2,41,58)(H,46,55)(H,48,60)(H,51,57)(H,52,56)(H,62,63)(H4,42,43,44). The Bertz CT molecular complexity index is 1840. The summed E-state index contributed by atoms with van der Waals surface area (Å²) in [6, 6.07) is 1.94. The lowest BCUT2D eigenvalue weighted by atomic mass is 10.1. The summed E-state index contributed by atoms with van der Waals surface area (Å²) in [6.45, 7) is 5.54. The van der Waals surface area contributed by atoms with E-state index in [1.54, 1.807) is 42.0 Å². The lowest BCUT2D eigenvalue weighted by Gasteiger charge is -2.29. The van der Waals surface area contributed by atoms with E-state index in [0.29, 0.717) is 35.6 Å². The number of primary amides is 1. The number of rotatable bonds is 33. The number of benzene rings is 1. The van der Waals surface area contributed by atoms with E-state index in [1.165, 1.54) is 17.0 Å². The Hall–Kier alpha value is -5.58. The molecule has 9 atom stereocenters. The summed E-state index contributed by atoms with van der Waals surface area (Å²) in [6.07, 6.45) is -1.93. The molecule has 9 unspecified atom stereocenters. The number of aliphatic hydroxyl groups is 2. The molecule has 0 spiro atoms. The van der Waals surface area contributed by atoms with Gasteiger partial charge in [-0.15, -0.1) is 0 Å². The SMILES string of the molecule is CCC(NC(=O)CNC(=O)C(CCCN=C(N)N)NC(=O)CNC(=O)CCC(NC(O)c1ccc(NCC2=NC(C(N)=O)C(N)N=C2)cc1)C(=O)O)C(O)NC(C)C(C)SSCCOC=O. The van der Waals surface area contributed by atoms with E-state index in [9.17, 15) is 48.9 Å². The largest absolute Gasteiger partial charge is 0.480 e. The molecule has 27 heteroatoms. The molecule has 0 aromatic heterocycles. The van der Waals surface area contributed by atoms with Crippen LogP contribution in [-0.2, 0) is 38.3 Å². The van der Waals surface area contributed by atoms with Gasteiger partial charge in [0, 0.05) is 41.9 Å². The van der Waals surface area contributed by atoms with Gasteiger partial charge in [-0.3, -0.25) is 59.2 Å². The van der Waals surface area contributed by atoms with Crippen molar-refractivity contribution in [1.82, 2.24) is 31.9 Å². The Labute approximate surface area is 390 Å². The maximum absolute atomic E-state index is 13.2. The van der Waals surface area contributed by atoms with Crippen LogP contribution in [-0.4, -0.2) is 162 Å². The van der Waals surface area contributed by atoms with Gasteiger partial charge in [0.15, 0.2) is 12.0 Å². The second kappa shape index (κ2) is 30.6. The molecule has 1 heterocycles. The Morgan fingerprint density at radius 1 is 0.939 bits per heavy atom. The molecular weight excluding hydrogens is 905 g/mol. The Balaban J connectivity index is 1.87. The fraction of sp³-hybridized carbons (Fsp3) is 0.590. The zero-order chi connectivity index (χ0) is 49.2. The van der Waals surface area contributed by atoms with E-state index in [4.69, 9.17) is 22.9 Å². The van der Waals surface area contributed by atoms with E-state index in [-0.39, 0.29) is 62.6 Å². The van der Waals surface area contributed by atoms with Crippen LogP contribution in [0.5, 0.6) is 0 Å². The zero-order valence-electron chi connectivity index (χ0n) is 37.0. The molecule has 0 saturated carbocycles. The van der Waals surface area contributed by atoms with Crippen LogP contribution in [0.25, 0.3) is 0 Å². The molecule has 25 nitrogen and oxygen atoms in total. The normalized spacial score (nSPS) is 17.5. The summed E-state index contributed by atoms with van der Waals surface area (Å²) in [5, 5.41) is 50.1. The van der Waals surface area contributed by atoms with Gasteiger partial charge in [0.2, 0.25) is 29.5 Å².